The Labute approximate surface area is 163 Å². The van der Waals surface area contributed by atoms with E-state index in [4.69, 9.17) is 4.74 Å². The predicted molar refractivity (Wildman–Crippen MR) is 95.6 cm³/mol. The number of rotatable bonds is 5. The third kappa shape index (κ3) is 6.09. The summed E-state index contributed by atoms with van der Waals surface area (Å²) in [5, 5.41) is 9.30. The molecule has 0 spiro atoms. The maximum atomic E-state index is 12.7. The van der Waals surface area contributed by atoms with Gasteiger partial charge in [0.25, 0.3) is 5.56 Å². The lowest BCUT2D eigenvalue weighted by atomic mass is 10.0. The average molecular weight is 413 g/mol. The number of hydrogen-bond donors (Lipinski definition) is 1. The third-order valence-corrected chi connectivity index (χ3v) is 3.46. The Morgan fingerprint density at radius 2 is 1.76 bits per heavy atom. The molecule has 2 aromatic rings. The van der Waals surface area contributed by atoms with Crippen LogP contribution in [0.25, 0.3) is 11.1 Å². The number of benzene rings is 1. The van der Waals surface area contributed by atoms with E-state index in [1.165, 1.54) is 18.2 Å². The first-order valence-electron chi connectivity index (χ1n) is 8.31. The second kappa shape index (κ2) is 7.98. The Kier molecular flexibility index (Phi) is 6.05. The second-order valence-corrected chi connectivity index (χ2v) is 7.01. The lowest BCUT2D eigenvalue weighted by molar-refractivity contribution is -0.274. The van der Waals surface area contributed by atoms with Gasteiger partial charge in [0.05, 0.1) is 0 Å². The molecule has 2 rings (SSSR count). The summed E-state index contributed by atoms with van der Waals surface area (Å²) in [6.07, 6.45) is -3.89. The average Bonchev–Trinajstić information content (AvgIpc) is 2.53. The van der Waals surface area contributed by atoms with Crippen LogP contribution < -0.4 is 10.3 Å². The molecule has 0 saturated carbocycles. The van der Waals surface area contributed by atoms with Crippen molar-refractivity contribution in [3.05, 3.63) is 52.4 Å². The number of carboxylic acids is 1. The highest BCUT2D eigenvalue weighted by atomic mass is 19.4. The molecule has 29 heavy (non-hydrogen) atoms. The molecule has 0 amide bonds. The van der Waals surface area contributed by atoms with Crippen LogP contribution in [-0.2, 0) is 16.1 Å². The van der Waals surface area contributed by atoms with Crippen LogP contribution in [0.2, 0.25) is 0 Å². The van der Waals surface area contributed by atoms with Gasteiger partial charge in [0, 0.05) is 17.3 Å². The summed E-state index contributed by atoms with van der Waals surface area (Å²) < 4.78 is 47.9. The molecule has 0 aliphatic heterocycles. The van der Waals surface area contributed by atoms with Crippen LogP contribution in [0.1, 0.15) is 31.1 Å². The molecule has 1 aromatic carbocycles. The highest BCUT2D eigenvalue weighted by Gasteiger charge is 2.32. The summed E-state index contributed by atoms with van der Waals surface area (Å²) in [6, 6.07) is 5.97. The first-order chi connectivity index (χ1) is 13.3. The van der Waals surface area contributed by atoms with Crippen LogP contribution >= 0.6 is 0 Å². The molecule has 1 N–H and O–H groups in total. The minimum absolute atomic E-state index is 0.0505. The molecule has 0 aliphatic carbocycles. The molecule has 0 unspecified atom stereocenters. The summed E-state index contributed by atoms with van der Waals surface area (Å²) >= 11 is 0. The molecular formula is C19H18F3NO6. The van der Waals surface area contributed by atoms with Gasteiger partial charge in [-0.15, -0.1) is 13.2 Å². The lowest BCUT2D eigenvalue weighted by Gasteiger charge is -2.20. The van der Waals surface area contributed by atoms with Crippen molar-refractivity contribution in [3.63, 3.8) is 0 Å². The van der Waals surface area contributed by atoms with E-state index in [1.807, 2.05) is 0 Å². The number of carbonyl (C=O) groups excluding carboxylic acids is 1. The number of carboxylic acid groups (broad SMARTS) is 1. The molecule has 1 heterocycles. The smallest absolute Gasteiger partial charge is 0.477 e. The fourth-order valence-electron chi connectivity index (χ4n) is 2.49. The van der Waals surface area contributed by atoms with Crippen LogP contribution in [0.5, 0.6) is 5.75 Å². The van der Waals surface area contributed by atoms with Crippen molar-refractivity contribution in [1.29, 1.82) is 0 Å². The van der Waals surface area contributed by atoms with E-state index in [0.29, 0.717) is 0 Å². The summed E-state index contributed by atoms with van der Waals surface area (Å²) in [5.41, 5.74) is -2.72. The Morgan fingerprint density at radius 1 is 1.14 bits per heavy atom. The summed E-state index contributed by atoms with van der Waals surface area (Å²) in [5.74, 6) is -2.99. The largest absolute Gasteiger partial charge is 0.573 e. The maximum absolute atomic E-state index is 12.7. The fraction of sp³-hybridized carbons (Fsp3) is 0.316. The number of halogens is 3. The maximum Gasteiger partial charge on any atom is 0.573 e. The number of carbonyl (C=O) groups is 2. The van der Waals surface area contributed by atoms with Gasteiger partial charge in [-0.1, -0.05) is 18.2 Å². The van der Waals surface area contributed by atoms with Crippen molar-refractivity contribution < 1.29 is 37.3 Å². The highest BCUT2D eigenvalue weighted by Crippen LogP contribution is 2.33. The van der Waals surface area contributed by atoms with Crippen LogP contribution in [0, 0.1) is 0 Å². The van der Waals surface area contributed by atoms with E-state index in [2.05, 4.69) is 4.74 Å². The number of alkyl halides is 3. The van der Waals surface area contributed by atoms with E-state index in [1.54, 1.807) is 20.8 Å². The second-order valence-electron chi connectivity index (χ2n) is 7.01. The Bertz CT molecular complexity index is 989. The molecule has 0 bridgehead atoms. The normalized spacial score (nSPS) is 11.8. The number of nitrogens with zero attached hydrogens (tertiary/aromatic N) is 1. The number of pyridine rings is 1. The highest BCUT2D eigenvalue weighted by molar-refractivity contribution is 5.89. The van der Waals surface area contributed by atoms with Gasteiger partial charge >= 0.3 is 18.3 Å². The van der Waals surface area contributed by atoms with Crippen LogP contribution in [0.3, 0.4) is 0 Å². The van der Waals surface area contributed by atoms with Crippen molar-refractivity contribution in [2.45, 2.75) is 39.3 Å². The van der Waals surface area contributed by atoms with Crippen molar-refractivity contribution in [2.75, 3.05) is 0 Å². The zero-order valence-electron chi connectivity index (χ0n) is 15.7. The molecule has 0 saturated heterocycles. The molecule has 0 radical (unpaired) electrons. The molecule has 0 aliphatic rings. The SMILES string of the molecule is CC(C)(C)OC(=O)Cn1cc(-c2ccccc2OC(F)(F)F)cc(C(=O)O)c1=O. The number of aromatic nitrogens is 1. The van der Waals surface area contributed by atoms with Gasteiger partial charge in [0.15, 0.2) is 0 Å². The van der Waals surface area contributed by atoms with Crippen LogP contribution in [0.4, 0.5) is 13.2 Å². The summed E-state index contributed by atoms with van der Waals surface area (Å²) in [6.45, 7) is 4.21. The Hall–Kier alpha value is -3.30. The molecule has 0 atom stereocenters. The van der Waals surface area contributed by atoms with Crippen LogP contribution in [0.15, 0.2) is 41.3 Å². The topological polar surface area (TPSA) is 94.8 Å². The van der Waals surface area contributed by atoms with E-state index >= 15 is 0 Å². The molecule has 7 nitrogen and oxygen atoms in total. The van der Waals surface area contributed by atoms with E-state index < -0.39 is 47.3 Å². The number of ether oxygens (including phenoxy) is 2. The number of esters is 1. The summed E-state index contributed by atoms with van der Waals surface area (Å²) in [7, 11) is 0. The molecule has 156 valence electrons. The van der Waals surface area contributed by atoms with Gasteiger partial charge in [-0.3, -0.25) is 9.59 Å². The van der Waals surface area contributed by atoms with E-state index in [0.717, 1.165) is 22.9 Å². The molecule has 1 aromatic heterocycles. The van der Waals surface area contributed by atoms with Crippen molar-refractivity contribution in [2.24, 2.45) is 0 Å². The minimum Gasteiger partial charge on any atom is -0.477 e. The van der Waals surface area contributed by atoms with Crippen molar-refractivity contribution in [3.8, 4) is 16.9 Å². The van der Waals surface area contributed by atoms with E-state index in [9.17, 15) is 32.7 Å². The van der Waals surface area contributed by atoms with Gasteiger partial charge < -0.3 is 19.1 Å². The van der Waals surface area contributed by atoms with Crippen LogP contribution in [-0.4, -0.2) is 33.6 Å². The van der Waals surface area contributed by atoms with Crippen molar-refractivity contribution in [1.82, 2.24) is 4.57 Å². The lowest BCUT2D eigenvalue weighted by Crippen LogP contribution is -2.32. The quantitative estimate of drug-likeness (QED) is 0.755. The van der Waals surface area contributed by atoms with Gasteiger partial charge in [0.1, 0.15) is 23.5 Å². The number of para-hydroxylation sites is 1. The van der Waals surface area contributed by atoms with Gasteiger partial charge in [-0.25, -0.2) is 4.79 Å². The number of hydrogen-bond acceptors (Lipinski definition) is 5. The van der Waals surface area contributed by atoms with Crippen molar-refractivity contribution >= 4 is 11.9 Å². The van der Waals surface area contributed by atoms with Gasteiger partial charge in [0.2, 0.25) is 0 Å². The predicted octanol–water partition coefficient (Wildman–Crippen LogP) is 3.45. The first kappa shape index (κ1) is 22.0. The fourth-order valence-corrected chi connectivity index (χ4v) is 2.49. The standard InChI is InChI=1S/C19H18F3NO6/c1-18(2,3)29-15(24)10-23-9-11(8-13(16(23)25)17(26)27)12-6-4-5-7-14(12)28-19(20,21)22/h4-9H,10H2,1-3H3,(H,26,27). The monoisotopic (exact) mass is 413 g/mol. The zero-order valence-corrected chi connectivity index (χ0v) is 15.7. The van der Waals surface area contributed by atoms with Gasteiger partial charge in [-0.05, 0) is 32.9 Å². The molecule has 10 heteroatoms. The van der Waals surface area contributed by atoms with Gasteiger partial charge in [-0.2, -0.15) is 0 Å². The van der Waals surface area contributed by atoms with E-state index in [-0.39, 0.29) is 11.1 Å². The first-order valence-corrected chi connectivity index (χ1v) is 8.31. The third-order valence-electron chi connectivity index (χ3n) is 3.46. The molecule has 0 fully saturated rings. The summed E-state index contributed by atoms with van der Waals surface area (Å²) in [4.78, 5) is 35.9. The zero-order chi connectivity index (χ0) is 22.0. The Morgan fingerprint density at radius 3 is 2.31 bits per heavy atom. The number of aromatic carboxylic acids is 1. The molecular weight excluding hydrogens is 395 g/mol. The minimum atomic E-state index is -4.98. The Balaban J connectivity index is 2.58.